The number of amides is 1. The number of hydrogen-bond acceptors (Lipinski definition) is 7. The van der Waals surface area contributed by atoms with Crippen molar-refractivity contribution >= 4 is 52.1 Å². The summed E-state index contributed by atoms with van der Waals surface area (Å²) in [4.78, 5) is 23.5. The van der Waals surface area contributed by atoms with Crippen molar-refractivity contribution < 1.29 is 14.5 Å². The maximum atomic E-state index is 12.5. The molecule has 0 radical (unpaired) electrons. The summed E-state index contributed by atoms with van der Waals surface area (Å²) >= 11 is 13.1. The van der Waals surface area contributed by atoms with Crippen LogP contribution in [0, 0.1) is 0 Å². The second-order valence-electron chi connectivity index (χ2n) is 6.09. The summed E-state index contributed by atoms with van der Waals surface area (Å²) in [5, 5.41) is 11.5. The van der Waals surface area contributed by atoms with Gasteiger partial charge in [0.25, 0.3) is 5.91 Å². The number of nitrogens with one attached hydrogen (secondary N) is 1. The molecule has 1 N–H and O–H groups in total. The van der Waals surface area contributed by atoms with Crippen molar-refractivity contribution in [1.82, 2.24) is 9.69 Å². The largest absolute Gasteiger partial charge is 0.398 e. The number of halogens is 2. The van der Waals surface area contributed by atoms with Gasteiger partial charge in [0.05, 0.1) is 15.6 Å². The molecule has 1 aliphatic rings. The fourth-order valence-corrected chi connectivity index (χ4v) is 3.58. The molecule has 148 valence electrons. The van der Waals surface area contributed by atoms with Crippen molar-refractivity contribution in [3.05, 3.63) is 50.4 Å². The van der Waals surface area contributed by atoms with Crippen molar-refractivity contribution in [2.24, 2.45) is 10.3 Å². The monoisotopic (exact) mass is 440 g/mol. The SMILES string of the molecule is CO/N=C(/C(=O)NC1CC1)c1ccccc1CO/N=C(\C)c1snc(Cl)c1Cl. The van der Waals surface area contributed by atoms with Gasteiger partial charge >= 0.3 is 0 Å². The van der Waals surface area contributed by atoms with Crippen molar-refractivity contribution in [2.45, 2.75) is 32.4 Å². The highest BCUT2D eigenvalue weighted by Gasteiger charge is 2.27. The summed E-state index contributed by atoms with van der Waals surface area (Å²) in [6, 6.07) is 7.51. The molecule has 1 aromatic heterocycles. The zero-order valence-corrected chi connectivity index (χ0v) is 17.6. The third-order valence-electron chi connectivity index (χ3n) is 3.93. The van der Waals surface area contributed by atoms with Crippen LogP contribution in [0.25, 0.3) is 0 Å². The molecule has 0 atom stereocenters. The molecule has 3 rings (SSSR count). The molecule has 1 fully saturated rings. The normalized spacial score (nSPS) is 14.7. The van der Waals surface area contributed by atoms with Gasteiger partial charge in [0.1, 0.15) is 13.7 Å². The van der Waals surface area contributed by atoms with E-state index in [2.05, 4.69) is 20.0 Å². The Labute approximate surface area is 176 Å². The van der Waals surface area contributed by atoms with Crippen molar-refractivity contribution in [2.75, 3.05) is 7.11 Å². The molecule has 2 aromatic rings. The van der Waals surface area contributed by atoms with E-state index in [0.29, 0.717) is 21.2 Å². The molecule has 1 aromatic carbocycles. The third-order valence-corrected chi connectivity index (χ3v) is 5.84. The predicted octanol–water partition coefficient (Wildman–Crippen LogP) is 4.02. The highest BCUT2D eigenvalue weighted by atomic mass is 35.5. The summed E-state index contributed by atoms with van der Waals surface area (Å²) < 4.78 is 3.97. The molecule has 1 aliphatic carbocycles. The van der Waals surface area contributed by atoms with Gasteiger partial charge < -0.3 is 15.0 Å². The molecule has 7 nitrogen and oxygen atoms in total. The zero-order valence-electron chi connectivity index (χ0n) is 15.2. The minimum atomic E-state index is -0.275. The molecule has 0 aliphatic heterocycles. The summed E-state index contributed by atoms with van der Waals surface area (Å²) in [7, 11) is 1.40. The lowest BCUT2D eigenvalue weighted by Gasteiger charge is -2.11. The number of rotatable bonds is 8. The lowest BCUT2D eigenvalue weighted by atomic mass is 10.0. The van der Waals surface area contributed by atoms with E-state index in [1.54, 1.807) is 13.0 Å². The first-order valence-corrected chi connectivity index (χ1v) is 10.0. The molecule has 1 amide bonds. The van der Waals surface area contributed by atoms with E-state index in [9.17, 15) is 4.79 Å². The first-order chi connectivity index (χ1) is 13.5. The van der Waals surface area contributed by atoms with Crippen molar-refractivity contribution in [1.29, 1.82) is 0 Å². The lowest BCUT2D eigenvalue weighted by Crippen LogP contribution is -2.34. The molecule has 1 heterocycles. The summed E-state index contributed by atoms with van der Waals surface area (Å²) in [6.07, 6.45) is 1.96. The molecule has 0 spiro atoms. The van der Waals surface area contributed by atoms with E-state index in [-0.39, 0.29) is 29.4 Å². The number of aromatic nitrogens is 1. The Hall–Kier alpha value is -2.16. The van der Waals surface area contributed by atoms with Gasteiger partial charge in [-0.05, 0) is 31.3 Å². The van der Waals surface area contributed by atoms with Gasteiger partial charge in [-0.1, -0.05) is 57.8 Å². The number of nitrogens with zero attached hydrogens (tertiary/aromatic N) is 3. The fourth-order valence-electron chi connectivity index (χ4n) is 2.39. The van der Waals surface area contributed by atoms with Gasteiger partial charge in [0.15, 0.2) is 10.9 Å². The fraction of sp³-hybridized carbons (Fsp3) is 0.333. The highest BCUT2D eigenvalue weighted by Crippen LogP contribution is 2.29. The van der Waals surface area contributed by atoms with Crippen LogP contribution < -0.4 is 5.32 Å². The Morgan fingerprint density at radius 3 is 2.71 bits per heavy atom. The highest BCUT2D eigenvalue weighted by molar-refractivity contribution is 7.09. The lowest BCUT2D eigenvalue weighted by molar-refractivity contribution is -0.115. The standard InChI is InChI=1S/C18H18Cl2N4O3S/c1-10(16-14(19)17(20)24-28-16)22-27-9-11-5-3-4-6-13(11)15(23-26-2)18(25)21-12-7-8-12/h3-6,12H,7-9H2,1-2H3,(H,21,25)/b22-10+,23-15+. The Morgan fingerprint density at radius 2 is 2.07 bits per heavy atom. The molecule has 0 saturated heterocycles. The molecule has 28 heavy (non-hydrogen) atoms. The van der Waals surface area contributed by atoms with Gasteiger partial charge in [0.2, 0.25) is 0 Å². The number of carbonyl (C=O) groups is 1. The van der Waals surface area contributed by atoms with Crippen molar-refractivity contribution in [3.8, 4) is 0 Å². The van der Waals surface area contributed by atoms with Crippen LogP contribution in [0.4, 0.5) is 0 Å². The second-order valence-corrected chi connectivity index (χ2v) is 7.60. The minimum Gasteiger partial charge on any atom is -0.398 e. The van der Waals surface area contributed by atoms with E-state index in [4.69, 9.17) is 32.9 Å². The van der Waals surface area contributed by atoms with Gasteiger partial charge in [-0.15, -0.1) is 0 Å². The van der Waals surface area contributed by atoms with Gasteiger partial charge in [-0.2, -0.15) is 4.37 Å². The van der Waals surface area contributed by atoms with E-state index >= 15 is 0 Å². The van der Waals surface area contributed by atoms with Crippen LogP contribution in [-0.2, 0) is 21.1 Å². The van der Waals surface area contributed by atoms with Gasteiger partial charge in [-0.3, -0.25) is 4.79 Å². The van der Waals surface area contributed by atoms with Crippen molar-refractivity contribution in [3.63, 3.8) is 0 Å². The van der Waals surface area contributed by atoms with Crippen LogP contribution in [-0.4, -0.2) is 34.9 Å². The molecule has 10 heteroatoms. The average Bonchev–Trinajstić information content (AvgIpc) is 3.44. The number of hydrogen-bond donors (Lipinski definition) is 1. The zero-order chi connectivity index (χ0) is 20.1. The van der Waals surface area contributed by atoms with E-state index in [0.717, 1.165) is 29.9 Å². The van der Waals surface area contributed by atoms with Crippen LogP contribution >= 0.6 is 34.7 Å². The Morgan fingerprint density at radius 1 is 1.32 bits per heavy atom. The van der Waals surface area contributed by atoms with Crippen LogP contribution in [0.2, 0.25) is 10.2 Å². The predicted molar refractivity (Wildman–Crippen MR) is 110 cm³/mol. The molecular formula is C18H18Cl2N4O3S. The summed E-state index contributed by atoms with van der Waals surface area (Å²) in [5.41, 5.74) is 2.12. The molecular weight excluding hydrogens is 423 g/mol. The Balaban J connectivity index is 1.75. The van der Waals surface area contributed by atoms with Crippen LogP contribution in [0.15, 0.2) is 34.6 Å². The van der Waals surface area contributed by atoms with E-state index in [1.807, 2.05) is 18.2 Å². The molecule has 0 bridgehead atoms. The van der Waals surface area contributed by atoms with Crippen LogP contribution in [0.5, 0.6) is 0 Å². The molecule has 1 saturated carbocycles. The Kier molecular flexibility index (Phi) is 6.88. The first-order valence-electron chi connectivity index (χ1n) is 8.49. The maximum absolute atomic E-state index is 12.5. The van der Waals surface area contributed by atoms with E-state index < -0.39 is 0 Å². The maximum Gasteiger partial charge on any atom is 0.274 e. The quantitative estimate of drug-likeness (QED) is 0.495. The molecule has 0 unspecified atom stereocenters. The number of oxime groups is 2. The van der Waals surface area contributed by atoms with Crippen LogP contribution in [0.3, 0.4) is 0 Å². The minimum absolute atomic E-state index is 0.136. The number of benzene rings is 1. The van der Waals surface area contributed by atoms with Gasteiger partial charge in [-0.25, -0.2) is 0 Å². The summed E-state index contributed by atoms with van der Waals surface area (Å²) in [6.45, 7) is 1.89. The average molecular weight is 441 g/mol. The smallest absolute Gasteiger partial charge is 0.274 e. The second kappa shape index (κ2) is 9.36. The van der Waals surface area contributed by atoms with Gasteiger partial charge in [0, 0.05) is 17.2 Å². The topological polar surface area (TPSA) is 85.2 Å². The van der Waals surface area contributed by atoms with E-state index in [1.165, 1.54) is 7.11 Å². The number of carbonyl (C=O) groups excluding carboxylic acids is 1. The van der Waals surface area contributed by atoms with Crippen LogP contribution in [0.1, 0.15) is 35.8 Å². The third kappa shape index (κ3) is 5.01. The summed E-state index contributed by atoms with van der Waals surface area (Å²) in [5.74, 6) is -0.275. The Bertz CT molecular complexity index is 925. The first kappa shape index (κ1) is 20.6.